The average Bonchev–Trinajstić information content (AvgIpc) is 2.46. The van der Waals surface area contributed by atoms with Crippen LogP contribution >= 0.6 is 0 Å². The number of aliphatic hydroxyl groups is 1. The Balaban J connectivity index is 2.22. The lowest BCUT2D eigenvalue weighted by Crippen LogP contribution is -2.53. The Kier molecular flexibility index (Phi) is 5.30. The molecule has 1 aliphatic rings. The molecule has 128 valence electrons. The average molecular weight is 326 g/mol. The van der Waals surface area contributed by atoms with Crippen molar-refractivity contribution in [2.24, 2.45) is 0 Å². The number of pyridine rings is 1. The van der Waals surface area contributed by atoms with Crippen molar-refractivity contribution >= 4 is 18.4 Å². The lowest BCUT2D eigenvalue weighted by molar-refractivity contribution is -0.0983. The smallest absolute Gasteiger partial charge is 0.423 e. The van der Waals surface area contributed by atoms with Crippen molar-refractivity contribution in [2.75, 3.05) is 31.2 Å². The summed E-state index contributed by atoms with van der Waals surface area (Å²) in [7, 11) is -1.50. The fraction of sp³-hybridized carbons (Fsp3) is 0.667. The fourth-order valence-electron chi connectivity index (χ4n) is 2.12. The second kappa shape index (κ2) is 6.72. The Morgan fingerprint density at radius 2 is 1.91 bits per heavy atom. The maximum Gasteiger partial charge on any atom is 0.494 e. The van der Waals surface area contributed by atoms with Crippen LogP contribution in [0, 0.1) is 5.82 Å². The van der Waals surface area contributed by atoms with Crippen LogP contribution in [0.3, 0.4) is 0 Å². The van der Waals surface area contributed by atoms with E-state index in [1.165, 1.54) is 12.3 Å². The van der Waals surface area contributed by atoms with Gasteiger partial charge in [0.25, 0.3) is 0 Å². The third kappa shape index (κ3) is 4.01. The number of nitrogens with zero attached hydrogens (tertiary/aromatic N) is 2. The summed E-state index contributed by atoms with van der Waals surface area (Å²) in [4.78, 5) is 5.84. The molecular weight excluding hydrogens is 302 g/mol. The van der Waals surface area contributed by atoms with Crippen LogP contribution in [-0.4, -0.2) is 59.7 Å². The van der Waals surface area contributed by atoms with Crippen molar-refractivity contribution in [3.05, 3.63) is 18.1 Å². The standard InChI is InChI=1S/C15H24BFN2O4/c1-14(2,20)15(3,4)23-16(21)11-5-6-18-13(12(11)17)19-7-9-22-10-8-19/h5-6,20-21H,7-10H2,1-4H3. The lowest BCUT2D eigenvalue weighted by atomic mass is 9.76. The number of hydrogen-bond acceptors (Lipinski definition) is 6. The number of hydrogen-bond donors (Lipinski definition) is 2. The molecule has 1 aromatic heterocycles. The van der Waals surface area contributed by atoms with Crippen molar-refractivity contribution < 1.29 is 23.9 Å². The summed E-state index contributed by atoms with van der Waals surface area (Å²) >= 11 is 0. The van der Waals surface area contributed by atoms with Gasteiger partial charge in [-0.25, -0.2) is 9.37 Å². The maximum absolute atomic E-state index is 14.7. The normalized spacial score (nSPS) is 16.6. The summed E-state index contributed by atoms with van der Waals surface area (Å²) in [6.07, 6.45) is 1.44. The molecule has 0 atom stereocenters. The summed E-state index contributed by atoms with van der Waals surface area (Å²) in [5, 5.41) is 20.4. The third-order valence-corrected chi connectivity index (χ3v) is 4.36. The van der Waals surface area contributed by atoms with Gasteiger partial charge < -0.3 is 24.4 Å². The van der Waals surface area contributed by atoms with Crippen LogP contribution in [0.2, 0.25) is 0 Å². The number of aromatic nitrogens is 1. The number of ether oxygens (including phenoxy) is 1. The molecule has 1 aliphatic heterocycles. The molecule has 0 saturated carbocycles. The first-order valence-corrected chi connectivity index (χ1v) is 7.69. The molecule has 0 radical (unpaired) electrons. The number of rotatable bonds is 5. The molecule has 8 heteroatoms. The first kappa shape index (κ1) is 18.1. The summed E-state index contributed by atoms with van der Waals surface area (Å²) in [5.74, 6) is -0.442. The molecule has 0 unspecified atom stereocenters. The van der Waals surface area contributed by atoms with E-state index in [2.05, 4.69) is 4.98 Å². The van der Waals surface area contributed by atoms with Crippen molar-refractivity contribution in [3.63, 3.8) is 0 Å². The van der Waals surface area contributed by atoms with Gasteiger partial charge in [0.15, 0.2) is 11.6 Å². The predicted octanol–water partition coefficient (Wildman–Crippen LogP) is 0.311. The SMILES string of the molecule is CC(C)(O)C(C)(C)OB(O)c1ccnc(N2CCOCC2)c1F. The minimum absolute atomic E-state index is 0.00110. The highest BCUT2D eigenvalue weighted by Crippen LogP contribution is 2.26. The van der Waals surface area contributed by atoms with Gasteiger partial charge >= 0.3 is 7.12 Å². The van der Waals surface area contributed by atoms with Crippen LogP contribution in [0.25, 0.3) is 0 Å². The van der Waals surface area contributed by atoms with Crippen LogP contribution < -0.4 is 10.4 Å². The second-order valence-corrected chi connectivity index (χ2v) is 6.68. The van der Waals surface area contributed by atoms with Gasteiger partial charge in [0.2, 0.25) is 0 Å². The summed E-state index contributed by atoms with van der Waals surface area (Å²) < 4.78 is 25.5. The molecule has 1 fully saturated rings. The Hall–Kier alpha value is -1.22. The van der Waals surface area contributed by atoms with Gasteiger partial charge in [0, 0.05) is 24.7 Å². The van der Waals surface area contributed by atoms with Gasteiger partial charge in [-0.2, -0.15) is 0 Å². The van der Waals surface area contributed by atoms with Crippen LogP contribution in [-0.2, 0) is 9.39 Å². The number of halogens is 1. The zero-order chi connectivity index (χ0) is 17.3. The maximum atomic E-state index is 14.7. The number of anilines is 1. The van der Waals surface area contributed by atoms with Crippen molar-refractivity contribution in [1.29, 1.82) is 0 Å². The molecule has 2 rings (SSSR count). The molecule has 2 N–H and O–H groups in total. The summed E-state index contributed by atoms with van der Waals surface area (Å²) in [6.45, 7) is 8.52. The van der Waals surface area contributed by atoms with Gasteiger partial charge in [-0.1, -0.05) is 0 Å². The topological polar surface area (TPSA) is 75.0 Å². The molecule has 0 aromatic carbocycles. The van der Waals surface area contributed by atoms with Crippen molar-refractivity contribution in [1.82, 2.24) is 4.98 Å². The highest BCUT2D eigenvalue weighted by atomic mass is 19.1. The van der Waals surface area contributed by atoms with E-state index >= 15 is 0 Å². The Morgan fingerprint density at radius 3 is 2.48 bits per heavy atom. The summed E-state index contributed by atoms with van der Waals surface area (Å²) in [5.41, 5.74) is -2.27. The molecule has 0 bridgehead atoms. The zero-order valence-corrected chi connectivity index (χ0v) is 14.0. The first-order chi connectivity index (χ1) is 10.6. The van der Waals surface area contributed by atoms with E-state index in [0.29, 0.717) is 26.3 Å². The van der Waals surface area contributed by atoms with Crippen LogP contribution in [0.5, 0.6) is 0 Å². The van der Waals surface area contributed by atoms with E-state index in [-0.39, 0.29) is 11.3 Å². The highest BCUT2D eigenvalue weighted by Gasteiger charge is 2.40. The number of morpholine rings is 1. The van der Waals surface area contributed by atoms with E-state index in [9.17, 15) is 14.5 Å². The molecular formula is C15H24BFN2O4. The third-order valence-electron chi connectivity index (χ3n) is 4.36. The molecule has 0 aliphatic carbocycles. The van der Waals surface area contributed by atoms with Gasteiger partial charge in [-0.3, -0.25) is 0 Å². The highest BCUT2D eigenvalue weighted by molar-refractivity contribution is 6.60. The van der Waals surface area contributed by atoms with E-state index in [4.69, 9.17) is 9.39 Å². The minimum atomic E-state index is -1.50. The molecule has 23 heavy (non-hydrogen) atoms. The van der Waals surface area contributed by atoms with E-state index in [1.54, 1.807) is 32.6 Å². The minimum Gasteiger partial charge on any atom is -0.423 e. The van der Waals surface area contributed by atoms with Crippen molar-refractivity contribution in [2.45, 2.75) is 38.9 Å². The quantitative estimate of drug-likeness (QED) is 0.759. The Morgan fingerprint density at radius 1 is 1.30 bits per heavy atom. The Bertz CT molecular complexity index is 545. The van der Waals surface area contributed by atoms with Crippen LogP contribution in [0.1, 0.15) is 27.7 Å². The van der Waals surface area contributed by atoms with Crippen LogP contribution in [0.15, 0.2) is 12.3 Å². The van der Waals surface area contributed by atoms with Gasteiger partial charge in [-0.15, -0.1) is 0 Å². The fourth-order valence-corrected chi connectivity index (χ4v) is 2.12. The van der Waals surface area contributed by atoms with E-state index in [1.807, 2.05) is 0 Å². The lowest BCUT2D eigenvalue weighted by Gasteiger charge is -2.38. The molecule has 1 aromatic rings. The first-order valence-electron chi connectivity index (χ1n) is 7.69. The van der Waals surface area contributed by atoms with Gasteiger partial charge in [-0.05, 0) is 33.8 Å². The monoisotopic (exact) mass is 326 g/mol. The molecule has 0 spiro atoms. The molecule has 0 amide bonds. The molecule has 6 nitrogen and oxygen atoms in total. The van der Waals surface area contributed by atoms with E-state index in [0.717, 1.165) is 0 Å². The van der Waals surface area contributed by atoms with Gasteiger partial charge in [0.1, 0.15) is 0 Å². The summed E-state index contributed by atoms with van der Waals surface area (Å²) in [6, 6.07) is 1.38. The van der Waals surface area contributed by atoms with Crippen molar-refractivity contribution in [3.8, 4) is 0 Å². The van der Waals surface area contributed by atoms with Gasteiger partial charge in [0.05, 0.1) is 24.4 Å². The Labute approximate surface area is 136 Å². The molecule has 1 saturated heterocycles. The largest absolute Gasteiger partial charge is 0.494 e. The predicted molar refractivity (Wildman–Crippen MR) is 86.3 cm³/mol. The van der Waals surface area contributed by atoms with Crippen LogP contribution in [0.4, 0.5) is 10.2 Å². The molecule has 2 heterocycles. The zero-order valence-electron chi connectivity index (χ0n) is 14.0. The second-order valence-electron chi connectivity index (χ2n) is 6.68. The van der Waals surface area contributed by atoms with E-state index < -0.39 is 24.1 Å².